The minimum absolute atomic E-state index is 0.204. The Morgan fingerprint density at radius 1 is 1.38 bits per heavy atom. The SMILES string of the molecule is CCOc1ccc(C(=O)Nc2ccc3c(c2Cl)CNCC3)cc1Br. The highest BCUT2D eigenvalue weighted by Gasteiger charge is 2.17. The molecule has 1 aliphatic rings. The van der Waals surface area contributed by atoms with E-state index in [0.717, 1.165) is 29.5 Å². The predicted octanol–water partition coefficient (Wildman–Crippen LogP) is 4.40. The molecule has 126 valence electrons. The number of amides is 1. The third-order valence-corrected chi connectivity index (χ3v) is 5.01. The first kappa shape index (κ1) is 17.3. The first-order chi connectivity index (χ1) is 11.6. The molecule has 3 rings (SSSR count). The van der Waals surface area contributed by atoms with E-state index < -0.39 is 0 Å². The van der Waals surface area contributed by atoms with Gasteiger partial charge in [0, 0.05) is 12.1 Å². The van der Waals surface area contributed by atoms with E-state index in [1.165, 1.54) is 5.56 Å². The van der Waals surface area contributed by atoms with E-state index in [9.17, 15) is 4.79 Å². The van der Waals surface area contributed by atoms with E-state index in [0.29, 0.717) is 28.6 Å². The highest BCUT2D eigenvalue weighted by atomic mass is 79.9. The highest BCUT2D eigenvalue weighted by Crippen LogP contribution is 2.31. The lowest BCUT2D eigenvalue weighted by atomic mass is 10.00. The third-order valence-electron chi connectivity index (χ3n) is 3.96. The zero-order valence-corrected chi connectivity index (χ0v) is 15.6. The van der Waals surface area contributed by atoms with Crippen LogP contribution < -0.4 is 15.4 Å². The number of carbonyl (C=O) groups is 1. The molecule has 2 N–H and O–H groups in total. The van der Waals surface area contributed by atoms with E-state index in [4.69, 9.17) is 16.3 Å². The lowest BCUT2D eigenvalue weighted by Gasteiger charge is -2.20. The van der Waals surface area contributed by atoms with Crippen molar-refractivity contribution in [3.8, 4) is 5.75 Å². The van der Waals surface area contributed by atoms with E-state index >= 15 is 0 Å². The van der Waals surface area contributed by atoms with Crippen molar-refractivity contribution in [1.82, 2.24) is 5.32 Å². The molecule has 0 saturated carbocycles. The largest absolute Gasteiger partial charge is 0.493 e. The van der Waals surface area contributed by atoms with E-state index in [-0.39, 0.29) is 5.91 Å². The van der Waals surface area contributed by atoms with E-state index in [2.05, 4.69) is 26.6 Å². The van der Waals surface area contributed by atoms with Gasteiger partial charge in [0.2, 0.25) is 0 Å². The summed E-state index contributed by atoms with van der Waals surface area (Å²) in [6, 6.07) is 9.16. The molecule has 4 nitrogen and oxygen atoms in total. The lowest BCUT2D eigenvalue weighted by molar-refractivity contribution is 0.102. The summed E-state index contributed by atoms with van der Waals surface area (Å²) < 4.78 is 6.21. The topological polar surface area (TPSA) is 50.4 Å². The predicted molar refractivity (Wildman–Crippen MR) is 100 cm³/mol. The number of fused-ring (bicyclic) bond motifs is 1. The maximum Gasteiger partial charge on any atom is 0.255 e. The molecule has 24 heavy (non-hydrogen) atoms. The summed E-state index contributed by atoms with van der Waals surface area (Å²) in [5.41, 5.74) is 3.47. The third kappa shape index (κ3) is 3.58. The molecule has 0 atom stereocenters. The minimum atomic E-state index is -0.204. The number of carbonyl (C=O) groups excluding carboxylic acids is 1. The molecule has 1 aliphatic heterocycles. The summed E-state index contributed by atoms with van der Waals surface area (Å²) in [5.74, 6) is 0.510. The Kier molecular flexibility index (Phi) is 5.43. The maximum atomic E-state index is 12.5. The Balaban J connectivity index is 1.81. The number of halogens is 2. The normalized spacial score (nSPS) is 13.3. The molecule has 0 fully saturated rings. The Labute approximate surface area is 154 Å². The molecular weight excluding hydrogens is 392 g/mol. The smallest absolute Gasteiger partial charge is 0.255 e. The van der Waals surface area contributed by atoms with Crippen LogP contribution in [0.4, 0.5) is 5.69 Å². The number of benzene rings is 2. The van der Waals surface area contributed by atoms with Crippen molar-refractivity contribution >= 4 is 39.1 Å². The van der Waals surface area contributed by atoms with Gasteiger partial charge in [-0.2, -0.15) is 0 Å². The van der Waals surface area contributed by atoms with Crippen molar-refractivity contribution in [3.63, 3.8) is 0 Å². The molecule has 2 aromatic rings. The minimum Gasteiger partial charge on any atom is -0.493 e. The van der Waals surface area contributed by atoms with Crippen LogP contribution in [0.15, 0.2) is 34.8 Å². The van der Waals surface area contributed by atoms with Gasteiger partial charge in [0.05, 0.1) is 21.8 Å². The number of hydrogen-bond acceptors (Lipinski definition) is 3. The van der Waals surface area contributed by atoms with Gasteiger partial charge >= 0.3 is 0 Å². The van der Waals surface area contributed by atoms with Gasteiger partial charge in [-0.1, -0.05) is 17.7 Å². The molecule has 0 unspecified atom stereocenters. The average molecular weight is 410 g/mol. The number of hydrogen-bond donors (Lipinski definition) is 2. The Hall–Kier alpha value is -1.56. The summed E-state index contributed by atoms with van der Waals surface area (Å²) in [7, 11) is 0. The molecule has 0 spiro atoms. The first-order valence-corrected chi connectivity index (χ1v) is 9.02. The van der Waals surface area contributed by atoms with Crippen LogP contribution >= 0.6 is 27.5 Å². The van der Waals surface area contributed by atoms with E-state index in [1.807, 2.05) is 19.1 Å². The number of rotatable bonds is 4. The van der Waals surface area contributed by atoms with Crippen molar-refractivity contribution in [2.75, 3.05) is 18.5 Å². The van der Waals surface area contributed by atoms with Gasteiger partial charge in [0.1, 0.15) is 5.75 Å². The Morgan fingerprint density at radius 2 is 2.21 bits per heavy atom. The molecule has 6 heteroatoms. The van der Waals surface area contributed by atoms with Gasteiger partial charge in [0.25, 0.3) is 5.91 Å². The van der Waals surface area contributed by atoms with Crippen LogP contribution in [0.5, 0.6) is 5.75 Å². The molecule has 2 aromatic carbocycles. The fourth-order valence-corrected chi connectivity index (χ4v) is 3.52. The highest BCUT2D eigenvalue weighted by molar-refractivity contribution is 9.10. The van der Waals surface area contributed by atoms with Crippen LogP contribution in [0.25, 0.3) is 0 Å². The quantitative estimate of drug-likeness (QED) is 0.787. The molecule has 0 aliphatic carbocycles. The summed E-state index contributed by atoms with van der Waals surface area (Å²) in [6.07, 6.45) is 0.953. The Bertz CT molecular complexity index is 780. The molecular formula is C18H18BrClN2O2. The number of nitrogens with one attached hydrogen (secondary N) is 2. The van der Waals surface area contributed by atoms with Crippen LogP contribution in [0.3, 0.4) is 0 Å². The zero-order valence-electron chi connectivity index (χ0n) is 13.3. The van der Waals surface area contributed by atoms with Crippen molar-refractivity contribution in [3.05, 3.63) is 56.5 Å². The van der Waals surface area contributed by atoms with Gasteiger partial charge in [-0.15, -0.1) is 0 Å². The monoisotopic (exact) mass is 408 g/mol. The van der Waals surface area contributed by atoms with Crippen molar-refractivity contribution < 1.29 is 9.53 Å². The fraction of sp³-hybridized carbons (Fsp3) is 0.278. The average Bonchev–Trinajstić information content (AvgIpc) is 2.59. The van der Waals surface area contributed by atoms with Gasteiger partial charge < -0.3 is 15.4 Å². The molecule has 0 aromatic heterocycles. The van der Waals surface area contributed by atoms with Gasteiger partial charge in [0.15, 0.2) is 0 Å². The van der Waals surface area contributed by atoms with Gasteiger partial charge in [-0.25, -0.2) is 0 Å². The van der Waals surface area contributed by atoms with Crippen LogP contribution in [0, 0.1) is 0 Å². The molecule has 0 bridgehead atoms. The Morgan fingerprint density at radius 3 is 2.96 bits per heavy atom. The van der Waals surface area contributed by atoms with E-state index in [1.54, 1.807) is 18.2 Å². The van der Waals surface area contributed by atoms with Crippen LogP contribution in [0.2, 0.25) is 5.02 Å². The number of ether oxygens (including phenoxy) is 1. The first-order valence-electron chi connectivity index (χ1n) is 7.84. The second-order valence-corrected chi connectivity index (χ2v) is 6.76. The zero-order chi connectivity index (χ0) is 17.1. The van der Waals surface area contributed by atoms with Crippen molar-refractivity contribution in [2.24, 2.45) is 0 Å². The van der Waals surface area contributed by atoms with Crippen molar-refractivity contribution in [2.45, 2.75) is 19.9 Å². The van der Waals surface area contributed by atoms with Crippen LogP contribution in [-0.2, 0) is 13.0 Å². The number of anilines is 1. The summed E-state index contributed by atoms with van der Waals surface area (Å²) in [6.45, 7) is 4.17. The summed E-state index contributed by atoms with van der Waals surface area (Å²) in [4.78, 5) is 12.5. The summed E-state index contributed by atoms with van der Waals surface area (Å²) >= 11 is 9.90. The van der Waals surface area contributed by atoms with Crippen molar-refractivity contribution in [1.29, 1.82) is 0 Å². The fourth-order valence-electron chi connectivity index (χ4n) is 2.73. The van der Waals surface area contributed by atoms with Gasteiger partial charge in [-0.3, -0.25) is 4.79 Å². The molecule has 1 amide bonds. The second kappa shape index (κ2) is 7.55. The maximum absolute atomic E-state index is 12.5. The summed E-state index contributed by atoms with van der Waals surface area (Å²) in [5, 5.41) is 6.81. The molecule has 0 saturated heterocycles. The molecule has 1 heterocycles. The molecule has 0 radical (unpaired) electrons. The van der Waals surface area contributed by atoms with Crippen LogP contribution in [-0.4, -0.2) is 19.1 Å². The lowest BCUT2D eigenvalue weighted by Crippen LogP contribution is -2.24. The van der Waals surface area contributed by atoms with Gasteiger partial charge in [-0.05, 0) is 71.2 Å². The standard InChI is InChI=1S/C18H18BrClN2O2/c1-2-24-16-6-4-12(9-14(16)19)18(23)22-15-5-3-11-7-8-21-10-13(11)17(15)20/h3-6,9,21H,2,7-8,10H2,1H3,(H,22,23). The van der Waals surface area contributed by atoms with Crippen LogP contribution in [0.1, 0.15) is 28.4 Å². The second-order valence-electron chi connectivity index (χ2n) is 5.52.